The van der Waals surface area contributed by atoms with Crippen LogP contribution in [0.5, 0.6) is 0 Å². The van der Waals surface area contributed by atoms with Crippen molar-refractivity contribution in [3.05, 3.63) is 0 Å². The summed E-state index contributed by atoms with van der Waals surface area (Å²) in [5.74, 6) is 0. The standard InChI is InChI=1S/C11H23N3O/c1-9-5-12-3-4-14(9)8-11-7-13-6-10(2)15-11/h9-13H,3-8H2,1-2H3/t9-,10+,11-/m0/s1. The smallest absolute Gasteiger partial charge is 0.0830 e. The zero-order valence-electron chi connectivity index (χ0n) is 9.83. The van der Waals surface area contributed by atoms with Crippen molar-refractivity contribution in [1.82, 2.24) is 15.5 Å². The first-order valence-corrected chi connectivity index (χ1v) is 6.06. The van der Waals surface area contributed by atoms with E-state index in [4.69, 9.17) is 4.74 Å². The molecule has 2 aliphatic heterocycles. The van der Waals surface area contributed by atoms with Crippen molar-refractivity contribution in [1.29, 1.82) is 0 Å². The summed E-state index contributed by atoms with van der Waals surface area (Å²) in [4.78, 5) is 2.53. The monoisotopic (exact) mass is 213 g/mol. The lowest BCUT2D eigenvalue weighted by molar-refractivity contribution is -0.0488. The molecule has 0 radical (unpaired) electrons. The largest absolute Gasteiger partial charge is 0.371 e. The molecule has 0 amide bonds. The predicted molar refractivity (Wildman–Crippen MR) is 61.1 cm³/mol. The number of hydrogen-bond acceptors (Lipinski definition) is 4. The summed E-state index contributed by atoms with van der Waals surface area (Å²) in [7, 11) is 0. The number of piperazine rings is 1. The molecule has 3 atom stereocenters. The molecule has 0 aliphatic carbocycles. The maximum Gasteiger partial charge on any atom is 0.0830 e. The van der Waals surface area contributed by atoms with Gasteiger partial charge in [0.1, 0.15) is 0 Å². The van der Waals surface area contributed by atoms with Gasteiger partial charge in [-0.15, -0.1) is 0 Å². The molecule has 4 heteroatoms. The van der Waals surface area contributed by atoms with Gasteiger partial charge in [-0.1, -0.05) is 0 Å². The van der Waals surface area contributed by atoms with Gasteiger partial charge in [0.15, 0.2) is 0 Å². The average Bonchev–Trinajstić information content (AvgIpc) is 2.22. The molecular weight excluding hydrogens is 190 g/mol. The van der Waals surface area contributed by atoms with E-state index in [1.165, 1.54) is 0 Å². The summed E-state index contributed by atoms with van der Waals surface area (Å²) in [6, 6.07) is 0.639. The molecule has 2 heterocycles. The van der Waals surface area contributed by atoms with Crippen LogP contribution in [0.1, 0.15) is 13.8 Å². The SMILES string of the molecule is C[C@@H]1CNC[C@@H](CN2CCNC[C@@H]2C)O1. The van der Waals surface area contributed by atoms with Crippen LogP contribution in [0.4, 0.5) is 0 Å². The van der Waals surface area contributed by atoms with Gasteiger partial charge in [-0.05, 0) is 13.8 Å². The zero-order valence-corrected chi connectivity index (χ0v) is 9.83. The van der Waals surface area contributed by atoms with E-state index in [2.05, 4.69) is 29.4 Å². The molecule has 0 aromatic carbocycles. The first-order chi connectivity index (χ1) is 7.25. The third-order valence-corrected chi connectivity index (χ3v) is 3.31. The third kappa shape index (κ3) is 3.14. The van der Waals surface area contributed by atoms with Gasteiger partial charge < -0.3 is 15.4 Å². The molecule has 0 saturated carbocycles. The minimum Gasteiger partial charge on any atom is -0.371 e. The Balaban J connectivity index is 1.79. The lowest BCUT2D eigenvalue weighted by atomic mass is 10.1. The van der Waals surface area contributed by atoms with Crippen molar-refractivity contribution in [2.45, 2.75) is 32.1 Å². The Morgan fingerprint density at radius 2 is 2.07 bits per heavy atom. The van der Waals surface area contributed by atoms with Gasteiger partial charge in [0.25, 0.3) is 0 Å². The van der Waals surface area contributed by atoms with E-state index >= 15 is 0 Å². The molecule has 0 bridgehead atoms. The maximum atomic E-state index is 5.91. The lowest BCUT2D eigenvalue weighted by Crippen LogP contribution is -2.55. The quantitative estimate of drug-likeness (QED) is 0.658. The molecule has 15 heavy (non-hydrogen) atoms. The molecule has 0 aromatic heterocycles. The molecule has 4 nitrogen and oxygen atoms in total. The molecule has 2 rings (SSSR count). The molecule has 2 N–H and O–H groups in total. The average molecular weight is 213 g/mol. The number of morpholine rings is 1. The summed E-state index contributed by atoms with van der Waals surface area (Å²) in [5.41, 5.74) is 0. The van der Waals surface area contributed by atoms with E-state index in [0.717, 1.165) is 39.3 Å². The minimum atomic E-state index is 0.363. The molecule has 2 aliphatic rings. The zero-order chi connectivity index (χ0) is 10.7. The molecule has 0 unspecified atom stereocenters. The van der Waals surface area contributed by atoms with Gasteiger partial charge in [-0.25, -0.2) is 0 Å². The molecule has 0 spiro atoms. The van der Waals surface area contributed by atoms with Crippen LogP contribution < -0.4 is 10.6 Å². The highest BCUT2D eigenvalue weighted by Gasteiger charge is 2.25. The van der Waals surface area contributed by atoms with Crippen LogP contribution in [0.2, 0.25) is 0 Å². The Bertz CT molecular complexity index is 200. The highest BCUT2D eigenvalue weighted by molar-refractivity contribution is 4.81. The van der Waals surface area contributed by atoms with Crippen LogP contribution in [-0.4, -0.2) is 62.4 Å². The van der Waals surface area contributed by atoms with Gasteiger partial charge in [0, 0.05) is 45.3 Å². The second-order valence-corrected chi connectivity index (χ2v) is 4.78. The van der Waals surface area contributed by atoms with E-state index in [9.17, 15) is 0 Å². The van der Waals surface area contributed by atoms with Crippen LogP contribution >= 0.6 is 0 Å². The molecule has 2 fully saturated rings. The fourth-order valence-electron chi connectivity index (χ4n) is 2.40. The Labute approximate surface area is 92.4 Å². The Kier molecular flexibility index (Phi) is 3.97. The van der Waals surface area contributed by atoms with Crippen molar-refractivity contribution in [3.8, 4) is 0 Å². The first kappa shape index (κ1) is 11.3. The summed E-state index contributed by atoms with van der Waals surface area (Å²) in [6.45, 7) is 10.9. The third-order valence-electron chi connectivity index (χ3n) is 3.31. The van der Waals surface area contributed by atoms with Crippen molar-refractivity contribution < 1.29 is 4.74 Å². The number of rotatable bonds is 2. The highest BCUT2D eigenvalue weighted by Crippen LogP contribution is 2.09. The fraction of sp³-hybridized carbons (Fsp3) is 1.00. The van der Waals surface area contributed by atoms with Gasteiger partial charge in [0.05, 0.1) is 12.2 Å². The summed E-state index contributed by atoms with van der Waals surface area (Å²) >= 11 is 0. The van der Waals surface area contributed by atoms with Crippen LogP contribution in [0, 0.1) is 0 Å². The lowest BCUT2D eigenvalue weighted by Gasteiger charge is -2.38. The van der Waals surface area contributed by atoms with E-state index in [1.807, 2.05) is 0 Å². The van der Waals surface area contributed by atoms with Crippen LogP contribution in [0.15, 0.2) is 0 Å². The highest BCUT2D eigenvalue weighted by atomic mass is 16.5. The Morgan fingerprint density at radius 3 is 2.80 bits per heavy atom. The van der Waals surface area contributed by atoms with Crippen molar-refractivity contribution in [2.75, 3.05) is 39.3 Å². The normalized spacial score (nSPS) is 39.2. The molecule has 0 aromatic rings. The second kappa shape index (κ2) is 5.25. The molecule has 2 saturated heterocycles. The predicted octanol–water partition coefficient (Wildman–Crippen LogP) is -0.343. The van der Waals surface area contributed by atoms with Gasteiger partial charge >= 0.3 is 0 Å². The topological polar surface area (TPSA) is 36.5 Å². The Morgan fingerprint density at radius 1 is 1.20 bits per heavy atom. The van der Waals surface area contributed by atoms with E-state index in [0.29, 0.717) is 18.2 Å². The maximum absolute atomic E-state index is 5.91. The van der Waals surface area contributed by atoms with Crippen LogP contribution in [0.3, 0.4) is 0 Å². The van der Waals surface area contributed by atoms with Crippen molar-refractivity contribution in [2.24, 2.45) is 0 Å². The van der Waals surface area contributed by atoms with Gasteiger partial charge in [-0.3, -0.25) is 4.90 Å². The molecule has 88 valence electrons. The van der Waals surface area contributed by atoms with Crippen LogP contribution in [0.25, 0.3) is 0 Å². The van der Waals surface area contributed by atoms with E-state index in [-0.39, 0.29) is 0 Å². The van der Waals surface area contributed by atoms with Gasteiger partial charge in [0.2, 0.25) is 0 Å². The molecular formula is C11H23N3O. The minimum absolute atomic E-state index is 0.363. The number of ether oxygens (including phenoxy) is 1. The summed E-state index contributed by atoms with van der Waals surface area (Å²) in [5, 5.41) is 6.83. The van der Waals surface area contributed by atoms with Crippen molar-refractivity contribution >= 4 is 0 Å². The number of nitrogens with zero attached hydrogens (tertiary/aromatic N) is 1. The van der Waals surface area contributed by atoms with Crippen molar-refractivity contribution in [3.63, 3.8) is 0 Å². The summed E-state index contributed by atoms with van der Waals surface area (Å²) < 4.78 is 5.91. The Hall–Kier alpha value is -0.160. The second-order valence-electron chi connectivity index (χ2n) is 4.78. The fourth-order valence-corrected chi connectivity index (χ4v) is 2.40. The van der Waals surface area contributed by atoms with E-state index < -0.39 is 0 Å². The number of hydrogen-bond donors (Lipinski definition) is 2. The van der Waals surface area contributed by atoms with Gasteiger partial charge in [-0.2, -0.15) is 0 Å². The van der Waals surface area contributed by atoms with Crippen LogP contribution in [-0.2, 0) is 4.74 Å². The first-order valence-electron chi connectivity index (χ1n) is 6.06. The summed E-state index contributed by atoms with van der Waals surface area (Å²) in [6.07, 6.45) is 0.733. The number of nitrogens with one attached hydrogen (secondary N) is 2. The van der Waals surface area contributed by atoms with E-state index in [1.54, 1.807) is 0 Å².